The monoisotopic (exact) mass is 380 g/mol. The molecule has 0 N–H and O–H groups in total. The zero-order chi connectivity index (χ0) is 16.3. The van der Waals surface area contributed by atoms with Gasteiger partial charge in [0.25, 0.3) is 5.56 Å². The van der Waals surface area contributed by atoms with Crippen molar-refractivity contribution in [2.24, 2.45) is 0 Å². The Labute approximate surface area is 145 Å². The molecule has 3 heterocycles. The van der Waals surface area contributed by atoms with Crippen molar-refractivity contribution >= 4 is 37.8 Å². The van der Waals surface area contributed by atoms with Crippen molar-refractivity contribution in [2.75, 3.05) is 0 Å². The summed E-state index contributed by atoms with van der Waals surface area (Å²) in [5, 5.41) is 1.74. The van der Waals surface area contributed by atoms with Gasteiger partial charge in [-0.15, -0.1) is 0 Å². The second-order valence-corrected chi connectivity index (χ2v) is 7.04. The van der Waals surface area contributed by atoms with E-state index in [1.165, 1.54) is 0 Å². The molecule has 5 heteroatoms. The van der Waals surface area contributed by atoms with Crippen molar-refractivity contribution in [1.29, 1.82) is 0 Å². The van der Waals surface area contributed by atoms with Gasteiger partial charge in [0.15, 0.2) is 0 Å². The van der Waals surface area contributed by atoms with Crippen LogP contribution in [0.4, 0.5) is 0 Å². The summed E-state index contributed by atoms with van der Waals surface area (Å²) >= 11 is 3.39. The molecule has 0 spiro atoms. The molecule has 0 amide bonds. The largest absolute Gasteiger partial charge is 0.463 e. The van der Waals surface area contributed by atoms with Gasteiger partial charge in [-0.05, 0) is 40.5 Å². The number of para-hydroxylation sites is 1. The topological polar surface area (TPSA) is 48.0 Å². The maximum absolute atomic E-state index is 12.7. The van der Waals surface area contributed by atoms with Gasteiger partial charge in [0.1, 0.15) is 11.8 Å². The minimum atomic E-state index is -0.0126. The highest BCUT2D eigenvalue weighted by molar-refractivity contribution is 9.10. The van der Waals surface area contributed by atoms with Crippen LogP contribution >= 0.6 is 15.9 Å². The molecule has 3 aromatic heterocycles. The first-order valence-corrected chi connectivity index (χ1v) is 8.65. The van der Waals surface area contributed by atoms with E-state index in [1.54, 1.807) is 6.26 Å². The SMILES string of the molecule is O=c1c2c(Br)coc2ccn1C1CC1c1ccc2ccccc2n1. The first-order chi connectivity index (χ1) is 11.7. The molecule has 0 bridgehead atoms. The predicted molar refractivity (Wildman–Crippen MR) is 96.3 cm³/mol. The summed E-state index contributed by atoms with van der Waals surface area (Å²) in [5.41, 5.74) is 2.66. The van der Waals surface area contributed by atoms with Gasteiger partial charge in [-0.2, -0.15) is 0 Å². The Bertz CT molecular complexity index is 1140. The van der Waals surface area contributed by atoms with Crippen LogP contribution in [0.5, 0.6) is 0 Å². The van der Waals surface area contributed by atoms with E-state index in [0.29, 0.717) is 15.4 Å². The Morgan fingerprint density at radius 1 is 1.17 bits per heavy atom. The number of hydrogen-bond donors (Lipinski definition) is 0. The molecule has 0 radical (unpaired) electrons. The van der Waals surface area contributed by atoms with E-state index in [1.807, 2.05) is 35.0 Å². The van der Waals surface area contributed by atoms with Crippen LogP contribution in [0.1, 0.15) is 24.1 Å². The maximum atomic E-state index is 12.7. The molecule has 4 aromatic rings. The molecule has 1 saturated carbocycles. The van der Waals surface area contributed by atoms with Crippen LogP contribution in [0.15, 0.2) is 68.6 Å². The summed E-state index contributed by atoms with van der Waals surface area (Å²) in [5.74, 6) is 0.287. The highest BCUT2D eigenvalue weighted by Crippen LogP contribution is 2.50. The van der Waals surface area contributed by atoms with Gasteiger partial charge in [-0.3, -0.25) is 9.78 Å². The van der Waals surface area contributed by atoms with Crippen LogP contribution in [-0.4, -0.2) is 9.55 Å². The molecule has 1 aliphatic carbocycles. The number of halogens is 1. The number of furan rings is 1. The number of aromatic nitrogens is 2. The molecule has 2 unspecified atom stereocenters. The molecular formula is C19H13BrN2O2. The van der Waals surface area contributed by atoms with Crippen molar-refractivity contribution in [3.8, 4) is 0 Å². The summed E-state index contributed by atoms with van der Waals surface area (Å²) in [4.78, 5) is 17.5. The lowest BCUT2D eigenvalue weighted by Crippen LogP contribution is -2.18. The van der Waals surface area contributed by atoms with Crippen molar-refractivity contribution in [2.45, 2.75) is 18.4 Å². The van der Waals surface area contributed by atoms with Gasteiger partial charge < -0.3 is 8.98 Å². The summed E-state index contributed by atoms with van der Waals surface area (Å²) in [7, 11) is 0. The summed E-state index contributed by atoms with van der Waals surface area (Å²) in [6.07, 6.45) is 4.32. The van der Waals surface area contributed by atoms with Crippen LogP contribution in [0, 0.1) is 0 Å². The molecule has 1 aromatic carbocycles. The van der Waals surface area contributed by atoms with Gasteiger partial charge in [0.2, 0.25) is 0 Å². The highest BCUT2D eigenvalue weighted by atomic mass is 79.9. The van der Waals surface area contributed by atoms with Gasteiger partial charge in [-0.1, -0.05) is 24.3 Å². The molecule has 1 fully saturated rings. The zero-order valence-corrected chi connectivity index (χ0v) is 14.2. The molecule has 118 valence electrons. The summed E-state index contributed by atoms with van der Waals surface area (Å²) < 4.78 is 7.89. The van der Waals surface area contributed by atoms with Crippen molar-refractivity contribution in [1.82, 2.24) is 9.55 Å². The predicted octanol–water partition coefficient (Wildman–Crippen LogP) is 4.63. The van der Waals surface area contributed by atoms with Gasteiger partial charge in [0, 0.05) is 29.2 Å². The number of nitrogens with zero attached hydrogens (tertiary/aromatic N) is 2. The van der Waals surface area contributed by atoms with E-state index in [2.05, 4.69) is 34.1 Å². The standard InChI is InChI=1S/C19H13BrN2O2/c20-13-10-24-17-7-8-22(19(23)18(13)17)16-9-12(16)15-6-5-11-3-1-2-4-14(11)21-15/h1-8,10,12,16H,9H2. The fraction of sp³-hybridized carbons (Fsp3) is 0.158. The smallest absolute Gasteiger partial charge is 0.263 e. The van der Waals surface area contributed by atoms with E-state index in [-0.39, 0.29) is 17.5 Å². The Kier molecular flexibility index (Phi) is 2.94. The van der Waals surface area contributed by atoms with Crippen LogP contribution in [0.25, 0.3) is 21.9 Å². The molecule has 4 nitrogen and oxygen atoms in total. The fourth-order valence-electron chi connectivity index (χ4n) is 3.38. The fourth-order valence-corrected chi connectivity index (χ4v) is 3.84. The third-order valence-corrected chi connectivity index (χ3v) is 5.31. The quantitative estimate of drug-likeness (QED) is 0.509. The number of benzene rings is 1. The van der Waals surface area contributed by atoms with Crippen molar-refractivity contribution in [3.63, 3.8) is 0 Å². The van der Waals surface area contributed by atoms with E-state index in [9.17, 15) is 4.79 Å². The molecule has 0 saturated heterocycles. The summed E-state index contributed by atoms with van der Waals surface area (Å²) in [6.45, 7) is 0. The Morgan fingerprint density at radius 2 is 2.04 bits per heavy atom. The van der Waals surface area contributed by atoms with Crippen LogP contribution in [-0.2, 0) is 0 Å². The molecule has 5 rings (SSSR count). The van der Waals surface area contributed by atoms with E-state index in [0.717, 1.165) is 23.0 Å². The normalized spacial score (nSPS) is 19.9. The average Bonchev–Trinajstić information content (AvgIpc) is 3.31. The van der Waals surface area contributed by atoms with E-state index in [4.69, 9.17) is 9.40 Å². The van der Waals surface area contributed by atoms with E-state index < -0.39 is 0 Å². The van der Waals surface area contributed by atoms with Gasteiger partial charge in [0.05, 0.1) is 15.4 Å². The molecule has 24 heavy (non-hydrogen) atoms. The summed E-state index contributed by atoms with van der Waals surface area (Å²) in [6, 6.07) is 14.3. The molecule has 1 aliphatic rings. The highest BCUT2D eigenvalue weighted by Gasteiger charge is 2.41. The Morgan fingerprint density at radius 3 is 2.96 bits per heavy atom. The maximum Gasteiger partial charge on any atom is 0.263 e. The lowest BCUT2D eigenvalue weighted by molar-refractivity contribution is 0.610. The van der Waals surface area contributed by atoms with Gasteiger partial charge >= 0.3 is 0 Å². The average molecular weight is 381 g/mol. The second-order valence-electron chi connectivity index (χ2n) is 6.19. The number of rotatable bonds is 2. The molecular weight excluding hydrogens is 368 g/mol. The molecule has 0 aliphatic heterocycles. The number of pyridine rings is 2. The number of hydrogen-bond acceptors (Lipinski definition) is 3. The Hall–Kier alpha value is -2.40. The zero-order valence-electron chi connectivity index (χ0n) is 12.6. The van der Waals surface area contributed by atoms with Crippen LogP contribution in [0.3, 0.4) is 0 Å². The van der Waals surface area contributed by atoms with Crippen molar-refractivity contribution in [3.05, 3.63) is 75.4 Å². The first kappa shape index (κ1) is 14.0. The van der Waals surface area contributed by atoms with E-state index >= 15 is 0 Å². The van der Waals surface area contributed by atoms with Crippen LogP contribution < -0.4 is 5.56 Å². The first-order valence-electron chi connectivity index (χ1n) is 7.86. The minimum absolute atomic E-state index is 0.0126. The lowest BCUT2D eigenvalue weighted by Gasteiger charge is -2.06. The van der Waals surface area contributed by atoms with Crippen molar-refractivity contribution < 1.29 is 4.42 Å². The second kappa shape index (κ2) is 5.05. The third kappa shape index (κ3) is 2.04. The lowest BCUT2D eigenvalue weighted by atomic mass is 10.1. The Balaban J connectivity index is 1.54. The van der Waals surface area contributed by atoms with Gasteiger partial charge in [-0.25, -0.2) is 0 Å². The minimum Gasteiger partial charge on any atom is -0.463 e. The molecule has 2 atom stereocenters. The third-order valence-electron chi connectivity index (χ3n) is 4.72. The number of fused-ring (bicyclic) bond motifs is 2. The van der Waals surface area contributed by atoms with Crippen LogP contribution in [0.2, 0.25) is 0 Å².